The van der Waals surface area contributed by atoms with Crippen LogP contribution in [0.15, 0.2) is 60.7 Å². The number of aliphatic hydroxyl groups is 1. The van der Waals surface area contributed by atoms with Crippen molar-refractivity contribution >= 4 is 11.9 Å². The highest BCUT2D eigenvalue weighted by molar-refractivity contribution is 5.92. The van der Waals surface area contributed by atoms with E-state index in [1.165, 1.54) is 0 Å². The molecule has 3 rings (SSSR count). The fraction of sp³-hybridized carbons (Fsp3) is 0.391. The molecule has 154 valence electrons. The van der Waals surface area contributed by atoms with Crippen LogP contribution in [0.3, 0.4) is 0 Å². The summed E-state index contributed by atoms with van der Waals surface area (Å²) in [4.78, 5) is 32.3. The minimum atomic E-state index is -1.35. The summed E-state index contributed by atoms with van der Waals surface area (Å²) in [5.41, 5.74) is 3.54. The average molecular weight is 396 g/mol. The molecule has 1 unspecified atom stereocenters. The Bertz CT molecular complexity index is 823. The zero-order chi connectivity index (χ0) is 20.9. The molecular formula is C23H28N2O4. The van der Waals surface area contributed by atoms with Gasteiger partial charge in [0.15, 0.2) is 6.10 Å². The molecule has 3 atom stereocenters. The monoisotopic (exact) mass is 396 g/mol. The van der Waals surface area contributed by atoms with E-state index in [-0.39, 0.29) is 11.8 Å². The molecule has 6 nitrogen and oxygen atoms in total. The lowest BCUT2D eigenvalue weighted by Gasteiger charge is -2.26. The molecule has 29 heavy (non-hydrogen) atoms. The van der Waals surface area contributed by atoms with Crippen molar-refractivity contribution in [1.82, 2.24) is 10.4 Å². The molecule has 0 radical (unpaired) electrons. The topological polar surface area (TPSA) is 78.9 Å². The van der Waals surface area contributed by atoms with Gasteiger partial charge in [0, 0.05) is 19.6 Å². The molecule has 0 aromatic heterocycles. The summed E-state index contributed by atoms with van der Waals surface area (Å²) in [5.74, 6) is -0.645. The number of hydrogen-bond acceptors (Lipinski definition) is 5. The van der Waals surface area contributed by atoms with Gasteiger partial charge in [0.1, 0.15) is 0 Å². The molecule has 2 aromatic rings. The molecule has 0 bridgehead atoms. The van der Waals surface area contributed by atoms with Crippen molar-refractivity contribution in [3.8, 4) is 0 Å². The van der Waals surface area contributed by atoms with Crippen LogP contribution in [0.2, 0.25) is 0 Å². The van der Waals surface area contributed by atoms with E-state index < -0.39 is 17.5 Å². The van der Waals surface area contributed by atoms with E-state index >= 15 is 0 Å². The minimum absolute atomic E-state index is 0.0136. The summed E-state index contributed by atoms with van der Waals surface area (Å²) >= 11 is 0. The fourth-order valence-electron chi connectivity index (χ4n) is 3.88. The summed E-state index contributed by atoms with van der Waals surface area (Å²) in [7, 11) is 0. The standard InChI is InChI=1S/C23H28N2O4/c1-3-25(4-2)22(28)23(18-13-9-6-10-14-18)15-19(23)16-24-29-21(27)20(26)17-11-7-5-8-12-17/h5-14,19-20,24,26H,3-4,15-16H2,1-2H3/t19-,20?,23+/m0/s1. The fourth-order valence-corrected chi connectivity index (χ4v) is 3.88. The van der Waals surface area contributed by atoms with Crippen LogP contribution in [0.25, 0.3) is 0 Å². The number of likely N-dealkylation sites (N-methyl/N-ethyl adjacent to an activating group) is 1. The SMILES string of the molecule is CCN(CC)C(=O)[C@@]1(c2ccccc2)C[C@H]1CNOC(=O)C(O)c1ccccc1. The van der Waals surface area contributed by atoms with Crippen LogP contribution in [0.5, 0.6) is 0 Å². The van der Waals surface area contributed by atoms with Crippen LogP contribution in [0.4, 0.5) is 0 Å². The van der Waals surface area contributed by atoms with Crippen molar-refractivity contribution in [2.45, 2.75) is 31.8 Å². The number of nitrogens with one attached hydrogen (secondary N) is 1. The Morgan fingerprint density at radius 2 is 1.69 bits per heavy atom. The van der Waals surface area contributed by atoms with Crippen LogP contribution in [-0.2, 0) is 19.8 Å². The second kappa shape index (κ2) is 9.20. The van der Waals surface area contributed by atoms with Gasteiger partial charge < -0.3 is 14.8 Å². The van der Waals surface area contributed by atoms with E-state index in [1.807, 2.05) is 55.1 Å². The molecule has 1 amide bonds. The Labute approximate surface area is 171 Å². The first-order valence-corrected chi connectivity index (χ1v) is 10.1. The average Bonchev–Trinajstić information content (AvgIpc) is 3.50. The summed E-state index contributed by atoms with van der Waals surface area (Å²) in [6.45, 7) is 5.60. The number of hydroxylamine groups is 1. The molecule has 0 saturated heterocycles. The Morgan fingerprint density at radius 3 is 2.28 bits per heavy atom. The van der Waals surface area contributed by atoms with Gasteiger partial charge in [-0.2, -0.15) is 5.48 Å². The van der Waals surface area contributed by atoms with Crippen LogP contribution in [0, 0.1) is 5.92 Å². The molecule has 1 saturated carbocycles. The Kier molecular flexibility index (Phi) is 6.67. The van der Waals surface area contributed by atoms with Crippen LogP contribution >= 0.6 is 0 Å². The van der Waals surface area contributed by atoms with E-state index in [0.717, 1.165) is 5.56 Å². The lowest BCUT2D eigenvalue weighted by molar-refractivity contribution is -0.161. The van der Waals surface area contributed by atoms with E-state index in [2.05, 4.69) is 5.48 Å². The van der Waals surface area contributed by atoms with Gasteiger partial charge in [-0.15, -0.1) is 0 Å². The number of benzene rings is 2. The van der Waals surface area contributed by atoms with Crippen molar-refractivity contribution in [2.75, 3.05) is 19.6 Å². The molecule has 6 heteroatoms. The van der Waals surface area contributed by atoms with E-state index in [1.54, 1.807) is 24.3 Å². The highest BCUT2D eigenvalue weighted by Crippen LogP contribution is 2.55. The number of aliphatic hydroxyl groups excluding tert-OH is 1. The zero-order valence-corrected chi connectivity index (χ0v) is 16.9. The summed E-state index contributed by atoms with van der Waals surface area (Å²) < 4.78 is 0. The Morgan fingerprint density at radius 1 is 1.10 bits per heavy atom. The van der Waals surface area contributed by atoms with Crippen LogP contribution < -0.4 is 5.48 Å². The van der Waals surface area contributed by atoms with E-state index in [9.17, 15) is 14.7 Å². The third-order valence-electron chi connectivity index (χ3n) is 5.67. The Hall–Kier alpha value is -2.70. The van der Waals surface area contributed by atoms with Crippen molar-refractivity contribution in [1.29, 1.82) is 0 Å². The number of carbonyl (C=O) groups is 2. The smallest absolute Gasteiger partial charge is 0.358 e. The van der Waals surface area contributed by atoms with Crippen LogP contribution in [0.1, 0.15) is 37.5 Å². The van der Waals surface area contributed by atoms with Gasteiger partial charge in [-0.25, -0.2) is 4.79 Å². The maximum absolute atomic E-state index is 13.2. The van der Waals surface area contributed by atoms with Crippen molar-refractivity contribution in [2.24, 2.45) is 5.92 Å². The number of hydrogen-bond donors (Lipinski definition) is 2. The predicted molar refractivity (Wildman–Crippen MR) is 110 cm³/mol. The number of amides is 1. The number of nitrogens with zero attached hydrogens (tertiary/aromatic N) is 1. The summed E-state index contributed by atoms with van der Waals surface area (Å²) in [5, 5.41) is 10.1. The maximum atomic E-state index is 13.2. The molecule has 0 aliphatic heterocycles. The molecule has 1 fully saturated rings. The van der Waals surface area contributed by atoms with Crippen molar-refractivity contribution in [3.05, 3.63) is 71.8 Å². The van der Waals surface area contributed by atoms with Gasteiger partial charge in [0.25, 0.3) is 0 Å². The van der Waals surface area contributed by atoms with E-state index in [0.29, 0.717) is 31.6 Å². The van der Waals surface area contributed by atoms with Gasteiger partial charge in [0.2, 0.25) is 5.91 Å². The van der Waals surface area contributed by atoms with Crippen molar-refractivity contribution < 1.29 is 19.5 Å². The second-order valence-electron chi connectivity index (χ2n) is 7.30. The van der Waals surface area contributed by atoms with Gasteiger partial charge in [-0.05, 0) is 37.3 Å². The normalized spacial score (nSPS) is 21.3. The first-order valence-electron chi connectivity index (χ1n) is 10.1. The zero-order valence-electron chi connectivity index (χ0n) is 16.9. The van der Waals surface area contributed by atoms with Gasteiger partial charge in [-0.1, -0.05) is 60.7 Å². The summed E-state index contributed by atoms with van der Waals surface area (Å²) in [6, 6.07) is 18.4. The van der Waals surface area contributed by atoms with Gasteiger partial charge >= 0.3 is 5.97 Å². The largest absolute Gasteiger partial charge is 0.377 e. The quantitative estimate of drug-likeness (QED) is 0.637. The maximum Gasteiger partial charge on any atom is 0.358 e. The second-order valence-corrected chi connectivity index (χ2v) is 7.30. The predicted octanol–water partition coefficient (Wildman–Crippen LogP) is 2.59. The molecule has 0 spiro atoms. The molecule has 2 N–H and O–H groups in total. The summed E-state index contributed by atoms with van der Waals surface area (Å²) in [6.07, 6.45) is -0.655. The molecule has 1 aliphatic rings. The molecular weight excluding hydrogens is 368 g/mol. The first kappa shape index (κ1) is 21.0. The lowest BCUT2D eigenvalue weighted by atomic mass is 9.91. The third-order valence-corrected chi connectivity index (χ3v) is 5.67. The number of carbonyl (C=O) groups excluding carboxylic acids is 2. The van der Waals surface area contributed by atoms with Gasteiger partial charge in [-0.3, -0.25) is 4.79 Å². The van der Waals surface area contributed by atoms with E-state index in [4.69, 9.17) is 4.84 Å². The molecule has 1 aliphatic carbocycles. The highest BCUT2D eigenvalue weighted by atomic mass is 16.7. The minimum Gasteiger partial charge on any atom is -0.377 e. The van der Waals surface area contributed by atoms with Crippen LogP contribution in [-0.4, -0.2) is 41.5 Å². The van der Waals surface area contributed by atoms with Gasteiger partial charge in [0.05, 0.1) is 5.41 Å². The highest BCUT2D eigenvalue weighted by Gasteiger charge is 2.61. The molecule has 2 aromatic carbocycles. The van der Waals surface area contributed by atoms with Crippen molar-refractivity contribution in [3.63, 3.8) is 0 Å². The third kappa shape index (κ3) is 4.33. The Balaban J connectivity index is 1.63. The molecule has 0 heterocycles. The first-order chi connectivity index (χ1) is 14.0. The number of rotatable bonds is 9. The lowest BCUT2D eigenvalue weighted by Crippen LogP contribution is -2.41.